The van der Waals surface area contributed by atoms with E-state index in [1.807, 2.05) is 0 Å². The van der Waals surface area contributed by atoms with E-state index >= 15 is 0 Å². The minimum atomic E-state index is -2.67. The maximum atomic E-state index is 13.5. The van der Waals surface area contributed by atoms with Crippen LogP contribution in [0.1, 0.15) is 18.1 Å². The van der Waals surface area contributed by atoms with Crippen LogP contribution in [-0.4, -0.2) is 12.0 Å². The summed E-state index contributed by atoms with van der Waals surface area (Å²) in [5, 5.41) is 0. The SMILES string of the molecule is Cc1cccc(CC(C)(N)C(F)F)c1F. The van der Waals surface area contributed by atoms with Crippen molar-refractivity contribution < 1.29 is 13.2 Å². The second kappa shape index (κ2) is 4.23. The normalized spacial score (nSPS) is 15.4. The van der Waals surface area contributed by atoms with Crippen LogP contribution in [-0.2, 0) is 6.42 Å². The molecule has 1 aromatic carbocycles. The molecule has 0 fully saturated rings. The van der Waals surface area contributed by atoms with Crippen molar-refractivity contribution in [1.29, 1.82) is 0 Å². The van der Waals surface area contributed by atoms with E-state index in [0.29, 0.717) is 5.56 Å². The van der Waals surface area contributed by atoms with Gasteiger partial charge in [-0.2, -0.15) is 0 Å². The topological polar surface area (TPSA) is 26.0 Å². The first kappa shape index (κ1) is 12.0. The van der Waals surface area contributed by atoms with Crippen LogP contribution in [0, 0.1) is 12.7 Å². The van der Waals surface area contributed by atoms with Crippen LogP contribution in [0.4, 0.5) is 13.2 Å². The zero-order valence-electron chi connectivity index (χ0n) is 8.73. The molecular weight excluding hydrogens is 203 g/mol. The highest BCUT2D eigenvalue weighted by Crippen LogP contribution is 2.21. The van der Waals surface area contributed by atoms with Gasteiger partial charge in [-0.3, -0.25) is 0 Å². The summed E-state index contributed by atoms with van der Waals surface area (Å²) in [4.78, 5) is 0. The number of halogens is 3. The number of rotatable bonds is 3. The molecule has 0 spiro atoms. The fraction of sp³-hybridized carbons (Fsp3) is 0.455. The van der Waals surface area contributed by atoms with Gasteiger partial charge < -0.3 is 5.73 Å². The minimum Gasteiger partial charge on any atom is -0.320 e. The summed E-state index contributed by atoms with van der Waals surface area (Å²) in [6.07, 6.45) is -2.84. The zero-order chi connectivity index (χ0) is 11.6. The van der Waals surface area contributed by atoms with Crippen LogP contribution >= 0.6 is 0 Å². The molecule has 0 aliphatic carbocycles. The smallest absolute Gasteiger partial charge is 0.256 e. The first-order valence-corrected chi connectivity index (χ1v) is 4.65. The van der Waals surface area contributed by atoms with Crippen LogP contribution < -0.4 is 5.73 Å². The summed E-state index contributed by atoms with van der Waals surface area (Å²) in [5.74, 6) is -0.449. The van der Waals surface area contributed by atoms with Crippen molar-refractivity contribution in [2.24, 2.45) is 5.73 Å². The van der Waals surface area contributed by atoms with E-state index in [-0.39, 0.29) is 12.0 Å². The number of hydrogen-bond acceptors (Lipinski definition) is 1. The van der Waals surface area contributed by atoms with E-state index in [1.54, 1.807) is 19.1 Å². The lowest BCUT2D eigenvalue weighted by atomic mass is 9.93. The largest absolute Gasteiger partial charge is 0.320 e. The van der Waals surface area contributed by atoms with Crippen LogP contribution in [0.2, 0.25) is 0 Å². The Labute approximate surface area is 87.1 Å². The number of hydrogen-bond donors (Lipinski definition) is 1. The van der Waals surface area contributed by atoms with Crippen molar-refractivity contribution in [3.05, 3.63) is 35.1 Å². The Morgan fingerprint density at radius 2 is 2.00 bits per heavy atom. The molecule has 0 heterocycles. The van der Waals surface area contributed by atoms with Gasteiger partial charge in [-0.25, -0.2) is 13.2 Å². The Bertz CT molecular complexity index is 348. The fourth-order valence-corrected chi connectivity index (χ4v) is 1.33. The van der Waals surface area contributed by atoms with E-state index < -0.39 is 17.8 Å². The second-order valence-corrected chi connectivity index (χ2v) is 4.03. The van der Waals surface area contributed by atoms with Gasteiger partial charge in [0, 0.05) is 0 Å². The molecule has 0 amide bonds. The fourth-order valence-electron chi connectivity index (χ4n) is 1.33. The van der Waals surface area contributed by atoms with Crippen LogP contribution in [0.3, 0.4) is 0 Å². The van der Waals surface area contributed by atoms with E-state index in [9.17, 15) is 13.2 Å². The van der Waals surface area contributed by atoms with Gasteiger partial charge in [0.25, 0.3) is 6.43 Å². The highest BCUT2D eigenvalue weighted by molar-refractivity contribution is 5.26. The predicted octanol–water partition coefficient (Wildman–Crippen LogP) is 2.66. The zero-order valence-corrected chi connectivity index (χ0v) is 8.73. The molecule has 15 heavy (non-hydrogen) atoms. The van der Waals surface area contributed by atoms with Gasteiger partial charge in [0.15, 0.2) is 0 Å². The van der Waals surface area contributed by atoms with Gasteiger partial charge in [0.2, 0.25) is 0 Å². The van der Waals surface area contributed by atoms with Crippen molar-refractivity contribution in [2.45, 2.75) is 32.2 Å². The van der Waals surface area contributed by atoms with Crippen molar-refractivity contribution in [3.63, 3.8) is 0 Å². The molecule has 84 valence electrons. The molecule has 4 heteroatoms. The van der Waals surface area contributed by atoms with E-state index in [2.05, 4.69) is 0 Å². The Morgan fingerprint density at radius 3 is 2.53 bits per heavy atom. The Hall–Kier alpha value is -1.03. The van der Waals surface area contributed by atoms with Crippen LogP contribution in [0.5, 0.6) is 0 Å². The second-order valence-electron chi connectivity index (χ2n) is 4.03. The molecule has 0 aromatic heterocycles. The quantitative estimate of drug-likeness (QED) is 0.827. The first-order chi connectivity index (χ1) is 6.84. The third-order valence-electron chi connectivity index (χ3n) is 2.34. The van der Waals surface area contributed by atoms with E-state index in [0.717, 1.165) is 0 Å². The van der Waals surface area contributed by atoms with Gasteiger partial charge in [-0.1, -0.05) is 18.2 Å². The molecular formula is C11H14F3N. The highest BCUT2D eigenvalue weighted by atomic mass is 19.3. The number of nitrogens with two attached hydrogens (primary N) is 1. The lowest BCUT2D eigenvalue weighted by Gasteiger charge is -2.23. The van der Waals surface area contributed by atoms with Gasteiger partial charge in [0.1, 0.15) is 5.82 Å². The minimum absolute atomic E-state index is 0.168. The van der Waals surface area contributed by atoms with Gasteiger partial charge in [0.05, 0.1) is 5.54 Å². The number of aryl methyl sites for hydroxylation is 1. The summed E-state index contributed by atoms with van der Waals surface area (Å²) in [7, 11) is 0. The molecule has 0 bridgehead atoms. The first-order valence-electron chi connectivity index (χ1n) is 4.65. The molecule has 0 saturated heterocycles. The lowest BCUT2D eigenvalue weighted by molar-refractivity contribution is 0.0635. The summed E-state index contributed by atoms with van der Waals surface area (Å²) < 4.78 is 38.5. The van der Waals surface area contributed by atoms with Crippen LogP contribution in [0.25, 0.3) is 0 Å². The summed E-state index contributed by atoms with van der Waals surface area (Å²) >= 11 is 0. The lowest BCUT2D eigenvalue weighted by Crippen LogP contribution is -2.46. The monoisotopic (exact) mass is 217 g/mol. The molecule has 1 unspecified atom stereocenters. The Morgan fingerprint density at radius 1 is 1.40 bits per heavy atom. The summed E-state index contributed by atoms with van der Waals surface area (Å²) in [6.45, 7) is 2.81. The van der Waals surface area contributed by atoms with E-state index in [4.69, 9.17) is 5.73 Å². The number of benzene rings is 1. The van der Waals surface area contributed by atoms with Gasteiger partial charge in [-0.15, -0.1) is 0 Å². The van der Waals surface area contributed by atoms with Crippen molar-refractivity contribution in [2.75, 3.05) is 0 Å². The molecule has 1 aromatic rings. The third-order valence-corrected chi connectivity index (χ3v) is 2.34. The van der Waals surface area contributed by atoms with Crippen molar-refractivity contribution in [3.8, 4) is 0 Å². The summed E-state index contributed by atoms with van der Waals surface area (Å²) in [6, 6.07) is 4.71. The molecule has 0 radical (unpaired) electrons. The number of alkyl halides is 2. The third kappa shape index (κ3) is 2.72. The Balaban J connectivity index is 2.95. The van der Waals surface area contributed by atoms with Gasteiger partial charge >= 0.3 is 0 Å². The van der Waals surface area contributed by atoms with Crippen molar-refractivity contribution in [1.82, 2.24) is 0 Å². The molecule has 2 N–H and O–H groups in total. The van der Waals surface area contributed by atoms with Crippen molar-refractivity contribution >= 4 is 0 Å². The summed E-state index contributed by atoms with van der Waals surface area (Å²) in [5.41, 5.74) is 4.39. The standard InChI is InChI=1S/C11H14F3N/c1-7-4-3-5-8(9(7)12)6-11(2,15)10(13)14/h3-5,10H,6,15H2,1-2H3. The maximum Gasteiger partial charge on any atom is 0.256 e. The van der Waals surface area contributed by atoms with Crippen LogP contribution in [0.15, 0.2) is 18.2 Å². The van der Waals surface area contributed by atoms with Gasteiger partial charge in [-0.05, 0) is 31.4 Å². The average molecular weight is 217 g/mol. The molecule has 1 rings (SSSR count). The molecule has 0 aliphatic rings. The molecule has 1 atom stereocenters. The highest BCUT2D eigenvalue weighted by Gasteiger charge is 2.31. The average Bonchev–Trinajstić information content (AvgIpc) is 2.12. The maximum absolute atomic E-state index is 13.5. The molecule has 1 nitrogen and oxygen atoms in total. The molecule has 0 aliphatic heterocycles. The Kier molecular flexibility index (Phi) is 3.39. The molecule has 0 saturated carbocycles. The van der Waals surface area contributed by atoms with E-state index in [1.165, 1.54) is 13.0 Å². The predicted molar refractivity (Wildman–Crippen MR) is 53.4 cm³/mol.